The van der Waals surface area contributed by atoms with Crippen molar-refractivity contribution in [2.75, 3.05) is 0 Å². The van der Waals surface area contributed by atoms with Crippen molar-refractivity contribution in [3.63, 3.8) is 0 Å². The van der Waals surface area contributed by atoms with E-state index in [1.54, 1.807) is 20.8 Å². The number of aromatic nitrogens is 2. The van der Waals surface area contributed by atoms with Crippen LogP contribution in [0.5, 0.6) is 0 Å². The summed E-state index contributed by atoms with van der Waals surface area (Å²) in [6, 6.07) is 2.86. The highest BCUT2D eigenvalue weighted by Crippen LogP contribution is 2.32. The van der Waals surface area contributed by atoms with E-state index in [9.17, 15) is 27.9 Å². The zero-order valence-corrected chi connectivity index (χ0v) is 17.2. The summed E-state index contributed by atoms with van der Waals surface area (Å²) < 4.78 is 40.3. The Morgan fingerprint density at radius 1 is 1.30 bits per heavy atom. The summed E-state index contributed by atoms with van der Waals surface area (Å²) in [5, 5.41) is 17.3. The molecule has 0 atom stereocenters. The van der Waals surface area contributed by atoms with E-state index in [2.05, 4.69) is 10.4 Å². The lowest BCUT2D eigenvalue weighted by Gasteiger charge is -2.33. The SMILES string of the molecule is CC(C)c1nn(CC(=O)N[C@H]2CC[C@@](C)(O)CC2)c(=O)c2ccc(C(F)(F)F)cc12. The van der Waals surface area contributed by atoms with Gasteiger partial charge in [-0.3, -0.25) is 9.59 Å². The van der Waals surface area contributed by atoms with Crippen LogP contribution in [0.25, 0.3) is 10.8 Å². The highest BCUT2D eigenvalue weighted by Gasteiger charge is 2.32. The van der Waals surface area contributed by atoms with Crippen LogP contribution in [0.3, 0.4) is 0 Å². The number of halogens is 3. The molecule has 0 bridgehead atoms. The van der Waals surface area contributed by atoms with Gasteiger partial charge in [-0.25, -0.2) is 4.68 Å². The number of nitrogens with zero attached hydrogens (tertiary/aromatic N) is 2. The van der Waals surface area contributed by atoms with Crippen LogP contribution in [-0.4, -0.2) is 32.4 Å². The fourth-order valence-electron chi connectivity index (χ4n) is 3.81. The highest BCUT2D eigenvalue weighted by molar-refractivity contribution is 5.85. The standard InChI is InChI=1S/C21H26F3N3O3/c1-12(2)18-16-10-13(21(22,23)24)4-5-15(16)19(29)27(26-18)11-17(28)25-14-6-8-20(3,30)9-7-14/h4-5,10,12,14,30H,6-9,11H2,1-3H3,(H,25,28)/t14-,20+. The number of benzene rings is 1. The average Bonchev–Trinajstić information content (AvgIpc) is 2.64. The molecule has 0 unspecified atom stereocenters. The molecule has 1 aliphatic rings. The minimum Gasteiger partial charge on any atom is -0.390 e. The number of nitrogens with one attached hydrogen (secondary N) is 1. The molecule has 2 aromatic rings. The van der Waals surface area contributed by atoms with Gasteiger partial charge in [0.05, 0.1) is 22.2 Å². The topological polar surface area (TPSA) is 84.2 Å². The first kappa shape index (κ1) is 22.3. The molecule has 1 fully saturated rings. The lowest BCUT2D eigenvalue weighted by Crippen LogP contribution is -2.44. The summed E-state index contributed by atoms with van der Waals surface area (Å²) in [5.41, 5.74) is -1.84. The fraction of sp³-hybridized carbons (Fsp3) is 0.571. The van der Waals surface area contributed by atoms with E-state index in [1.165, 1.54) is 0 Å². The Kier molecular flexibility index (Phi) is 5.95. The number of carbonyl (C=O) groups excluding carboxylic acids is 1. The number of fused-ring (bicyclic) bond motifs is 1. The number of amides is 1. The monoisotopic (exact) mass is 425 g/mol. The molecule has 0 radical (unpaired) electrons. The van der Waals surface area contributed by atoms with E-state index >= 15 is 0 Å². The minimum absolute atomic E-state index is 0.0900. The lowest BCUT2D eigenvalue weighted by atomic mass is 9.84. The van der Waals surface area contributed by atoms with Crippen molar-refractivity contribution in [3.05, 3.63) is 39.8 Å². The van der Waals surface area contributed by atoms with Gasteiger partial charge in [-0.2, -0.15) is 18.3 Å². The smallest absolute Gasteiger partial charge is 0.390 e. The number of hydrogen-bond donors (Lipinski definition) is 2. The van der Waals surface area contributed by atoms with Crippen molar-refractivity contribution < 1.29 is 23.1 Å². The molecular formula is C21H26F3N3O3. The third kappa shape index (κ3) is 4.83. The Labute approximate surface area is 172 Å². The van der Waals surface area contributed by atoms with Crippen molar-refractivity contribution in [2.24, 2.45) is 0 Å². The molecule has 2 N–H and O–H groups in total. The summed E-state index contributed by atoms with van der Waals surface area (Å²) in [6.07, 6.45) is -2.11. The number of rotatable bonds is 4. The second kappa shape index (κ2) is 8.02. The predicted molar refractivity (Wildman–Crippen MR) is 106 cm³/mol. The molecule has 0 aliphatic heterocycles. The fourth-order valence-corrected chi connectivity index (χ4v) is 3.81. The molecule has 164 valence electrons. The van der Waals surface area contributed by atoms with Crippen molar-refractivity contribution >= 4 is 16.7 Å². The van der Waals surface area contributed by atoms with Gasteiger partial charge >= 0.3 is 6.18 Å². The summed E-state index contributed by atoms with van der Waals surface area (Å²) >= 11 is 0. The van der Waals surface area contributed by atoms with Gasteiger partial charge in [-0.15, -0.1) is 0 Å². The van der Waals surface area contributed by atoms with E-state index in [0.29, 0.717) is 31.4 Å². The maximum absolute atomic E-state index is 13.1. The molecule has 1 heterocycles. The van der Waals surface area contributed by atoms with Gasteiger partial charge in [0, 0.05) is 11.4 Å². The van der Waals surface area contributed by atoms with Gasteiger partial charge in [-0.05, 0) is 56.7 Å². The zero-order chi connectivity index (χ0) is 22.3. The Balaban J connectivity index is 1.88. The molecule has 30 heavy (non-hydrogen) atoms. The first-order valence-corrected chi connectivity index (χ1v) is 10.0. The molecule has 0 saturated heterocycles. The number of hydrogen-bond acceptors (Lipinski definition) is 4. The second-order valence-electron chi connectivity index (χ2n) is 8.60. The van der Waals surface area contributed by atoms with E-state index in [1.807, 2.05) is 0 Å². The third-order valence-electron chi connectivity index (χ3n) is 5.58. The van der Waals surface area contributed by atoms with E-state index < -0.39 is 28.8 Å². The van der Waals surface area contributed by atoms with E-state index in [0.717, 1.165) is 22.9 Å². The van der Waals surface area contributed by atoms with Crippen LogP contribution < -0.4 is 10.9 Å². The molecule has 0 spiro atoms. The molecular weight excluding hydrogens is 399 g/mol. The molecule has 1 aliphatic carbocycles. The molecule has 1 saturated carbocycles. The van der Waals surface area contributed by atoms with Crippen LogP contribution in [0.1, 0.15) is 63.6 Å². The van der Waals surface area contributed by atoms with Gasteiger partial charge in [0.15, 0.2) is 0 Å². The van der Waals surface area contributed by atoms with Gasteiger partial charge in [0.25, 0.3) is 5.56 Å². The van der Waals surface area contributed by atoms with Gasteiger partial charge in [0.1, 0.15) is 6.54 Å². The van der Waals surface area contributed by atoms with Crippen LogP contribution in [0.4, 0.5) is 13.2 Å². The van der Waals surface area contributed by atoms with Crippen molar-refractivity contribution in [2.45, 2.75) is 76.7 Å². The van der Waals surface area contributed by atoms with Gasteiger partial charge in [0.2, 0.25) is 5.91 Å². The van der Waals surface area contributed by atoms with Gasteiger partial charge in [-0.1, -0.05) is 13.8 Å². The zero-order valence-electron chi connectivity index (χ0n) is 17.2. The van der Waals surface area contributed by atoms with Crippen LogP contribution >= 0.6 is 0 Å². The van der Waals surface area contributed by atoms with Crippen molar-refractivity contribution in [3.8, 4) is 0 Å². The van der Waals surface area contributed by atoms with Gasteiger partial charge < -0.3 is 10.4 Å². The normalized spacial score (nSPS) is 22.5. The van der Waals surface area contributed by atoms with Crippen molar-refractivity contribution in [1.29, 1.82) is 0 Å². The number of alkyl halides is 3. The molecule has 6 nitrogen and oxygen atoms in total. The minimum atomic E-state index is -4.53. The first-order valence-electron chi connectivity index (χ1n) is 10.0. The average molecular weight is 425 g/mol. The lowest BCUT2D eigenvalue weighted by molar-refractivity contribution is -0.137. The molecule has 9 heteroatoms. The Morgan fingerprint density at radius 2 is 1.93 bits per heavy atom. The van der Waals surface area contributed by atoms with Crippen LogP contribution in [0, 0.1) is 0 Å². The maximum Gasteiger partial charge on any atom is 0.416 e. The Hall–Kier alpha value is -2.42. The maximum atomic E-state index is 13.1. The molecule has 3 rings (SSSR count). The summed E-state index contributed by atoms with van der Waals surface area (Å²) in [4.78, 5) is 25.3. The summed E-state index contributed by atoms with van der Waals surface area (Å²) in [7, 11) is 0. The summed E-state index contributed by atoms with van der Waals surface area (Å²) in [6.45, 7) is 4.99. The molecule has 1 amide bonds. The third-order valence-corrected chi connectivity index (χ3v) is 5.58. The van der Waals surface area contributed by atoms with E-state index in [-0.39, 0.29) is 29.3 Å². The van der Waals surface area contributed by atoms with Crippen LogP contribution in [0.2, 0.25) is 0 Å². The first-order chi connectivity index (χ1) is 13.9. The second-order valence-corrected chi connectivity index (χ2v) is 8.60. The van der Waals surface area contributed by atoms with Crippen LogP contribution in [-0.2, 0) is 17.5 Å². The largest absolute Gasteiger partial charge is 0.416 e. The number of aliphatic hydroxyl groups is 1. The quantitative estimate of drug-likeness (QED) is 0.787. The Morgan fingerprint density at radius 3 is 2.50 bits per heavy atom. The van der Waals surface area contributed by atoms with Crippen LogP contribution in [0.15, 0.2) is 23.0 Å². The van der Waals surface area contributed by atoms with Crippen molar-refractivity contribution in [1.82, 2.24) is 15.1 Å². The Bertz CT molecular complexity index is 1000. The predicted octanol–water partition coefficient (Wildman–Crippen LogP) is 3.35. The highest BCUT2D eigenvalue weighted by atomic mass is 19.4. The molecule has 1 aromatic heterocycles. The number of carbonyl (C=O) groups is 1. The molecule has 1 aromatic carbocycles. The summed E-state index contributed by atoms with van der Waals surface area (Å²) in [5.74, 6) is -0.636. The van der Waals surface area contributed by atoms with E-state index in [4.69, 9.17) is 0 Å².